The first-order valence-electron chi connectivity index (χ1n) is 41.6. The normalized spacial score (nSPS) is 13.9. The van der Waals surface area contributed by atoms with Crippen molar-refractivity contribution in [1.29, 1.82) is 0 Å². The molecule has 0 fully saturated rings. The van der Waals surface area contributed by atoms with Crippen molar-refractivity contribution < 1.29 is 80.2 Å². The molecule has 0 amide bonds. The van der Waals surface area contributed by atoms with Gasteiger partial charge in [-0.25, -0.2) is 9.13 Å². The number of ether oxygens (including phenoxy) is 4. The predicted molar refractivity (Wildman–Crippen MR) is 409 cm³/mol. The summed E-state index contributed by atoms with van der Waals surface area (Å²) in [5.74, 6) is -2.13. The molecule has 0 aromatic rings. The molecule has 0 aromatic carbocycles. The van der Waals surface area contributed by atoms with Crippen LogP contribution in [0.5, 0.6) is 0 Å². The molecule has 0 saturated carbocycles. The molecule has 0 aliphatic carbocycles. The summed E-state index contributed by atoms with van der Waals surface area (Å²) in [4.78, 5) is 73.0. The molecule has 19 heteroatoms. The lowest BCUT2D eigenvalue weighted by Crippen LogP contribution is -2.30. The molecule has 0 spiro atoms. The summed E-state index contributed by atoms with van der Waals surface area (Å²) in [7, 11) is -9.93. The van der Waals surface area contributed by atoms with Gasteiger partial charge in [-0.15, -0.1) is 0 Å². The summed E-state index contributed by atoms with van der Waals surface area (Å²) >= 11 is 0. The summed E-state index contributed by atoms with van der Waals surface area (Å²) in [5, 5.41) is 10.6. The molecule has 2 unspecified atom stereocenters. The Balaban J connectivity index is 5.29. The monoisotopic (exact) mass is 1460 g/mol. The smallest absolute Gasteiger partial charge is 0.462 e. The highest BCUT2D eigenvalue weighted by Gasteiger charge is 2.30. The van der Waals surface area contributed by atoms with Gasteiger partial charge in [0.1, 0.15) is 19.3 Å². The van der Waals surface area contributed by atoms with E-state index in [1.54, 1.807) is 0 Å². The van der Waals surface area contributed by atoms with Crippen LogP contribution in [0.4, 0.5) is 0 Å². The molecule has 0 aliphatic rings. The number of carbonyl (C=O) groups is 4. The van der Waals surface area contributed by atoms with E-state index < -0.39 is 97.5 Å². The van der Waals surface area contributed by atoms with Gasteiger partial charge in [-0.2, -0.15) is 0 Å². The van der Waals surface area contributed by atoms with Gasteiger partial charge < -0.3 is 33.8 Å². The maximum absolute atomic E-state index is 13.1. The van der Waals surface area contributed by atoms with E-state index in [9.17, 15) is 43.2 Å². The lowest BCUT2D eigenvalue weighted by molar-refractivity contribution is -0.161. The number of unbranched alkanes of at least 4 members (excludes halogenated alkanes) is 50. The third-order valence-electron chi connectivity index (χ3n) is 18.4. The van der Waals surface area contributed by atoms with E-state index in [-0.39, 0.29) is 25.7 Å². The zero-order valence-corrected chi connectivity index (χ0v) is 66.5. The number of phosphoric ester groups is 2. The second-order valence-electron chi connectivity index (χ2n) is 28.4. The Kier molecular flexibility index (Phi) is 73.0. The maximum Gasteiger partial charge on any atom is 0.472 e. The van der Waals surface area contributed by atoms with Crippen molar-refractivity contribution in [2.75, 3.05) is 39.6 Å². The summed E-state index contributed by atoms with van der Waals surface area (Å²) in [5.41, 5.74) is 0. The quantitative estimate of drug-likeness (QED) is 0.0169. The van der Waals surface area contributed by atoms with Crippen LogP contribution in [-0.4, -0.2) is 96.7 Å². The summed E-state index contributed by atoms with van der Waals surface area (Å²) < 4.78 is 68.7. The number of esters is 4. The van der Waals surface area contributed by atoms with Crippen molar-refractivity contribution in [3.05, 3.63) is 24.3 Å². The molecular weight excluding hydrogens is 1310 g/mol. The third kappa shape index (κ3) is 73.8. The summed E-state index contributed by atoms with van der Waals surface area (Å²) in [6.07, 6.45) is 70.0. The van der Waals surface area contributed by atoms with E-state index in [1.165, 1.54) is 218 Å². The van der Waals surface area contributed by atoms with Crippen LogP contribution in [0.3, 0.4) is 0 Å². The second kappa shape index (κ2) is 74.8. The lowest BCUT2D eigenvalue weighted by Gasteiger charge is -2.21. The van der Waals surface area contributed by atoms with Gasteiger partial charge in [-0.3, -0.25) is 37.3 Å². The van der Waals surface area contributed by atoms with Crippen LogP contribution >= 0.6 is 15.6 Å². The fraction of sp³-hybridized carbons (Fsp3) is 0.901. The van der Waals surface area contributed by atoms with Crippen molar-refractivity contribution in [1.82, 2.24) is 0 Å². The topological polar surface area (TPSA) is 237 Å². The Labute approximate surface area is 612 Å². The van der Waals surface area contributed by atoms with E-state index in [0.29, 0.717) is 25.7 Å². The number of hydrogen-bond donors (Lipinski definition) is 3. The number of aliphatic hydroxyl groups excluding tert-OH is 1. The third-order valence-corrected chi connectivity index (χ3v) is 20.4. The van der Waals surface area contributed by atoms with Gasteiger partial charge in [0.15, 0.2) is 12.2 Å². The summed E-state index contributed by atoms with van der Waals surface area (Å²) in [6, 6.07) is 0. The maximum atomic E-state index is 13.1. The minimum atomic E-state index is -4.97. The van der Waals surface area contributed by atoms with Crippen LogP contribution in [-0.2, 0) is 65.4 Å². The number of phosphoric acid groups is 2. The number of hydrogen-bond acceptors (Lipinski definition) is 15. The first kappa shape index (κ1) is 97.5. The molecule has 17 nitrogen and oxygen atoms in total. The Morgan fingerprint density at radius 1 is 0.280 bits per heavy atom. The average molecular weight is 1460 g/mol. The fourth-order valence-corrected chi connectivity index (χ4v) is 13.7. The molecule has 3 N–H and O–H groups in total. The summed E-state index contributed by atoms with van der Waals surface area (Å²) in [6.45, 7) is 4.97. The predicted octanol–water partition coefficient (Wildman–Crippen LogP) is 24.1. The molecule has 0 rings (SSSR count). The molecular formula is C81H154O17P2. The van der Waals surface area contributed by atoms with Gasteiger partial charge in [0.05, 0.1) is 26.4 Å². The number of carbonyl (C=O) groups excluding carboxylic acids is 4. The van der Waals surface area contributed by atoms with Crippen LogP contribution in [0.2, 0.25) is 0 Å². The van der Waals surface area contributed by atoms with Gasteiger partial charge in [0, 0.05) is 25.7 Å². The van der Waals surface area contributed by atoms with Crippen LogP contribution in [0.1, 0.15) is 413 Å². The molecule has 0 aliphatic heterocycles. The van der Waals surface area contributed by atoms with Crippen molar-refractivity contribution in [2.45, 2.75) is 431 Å². The Bertz CT molecular complexity index is 1990. The highest BCUT2D eigenvalue weighted by molar-refractivity contribution is 7.47. The second-order valence-corrected chi connectivity index (χ2v) is 31.4. The average Bonchev–Trinajstić information content (AvgIpc) is 0.933. The molecule has 100 heavy (non-hydrogen) atoms. The largest absolute Gasteiger partial charge is 0.472 e. The van der Waals surface area contributed by atoms with Gasteiger partial charge in [-0.05, 0) is 57.8 Å². The van der Waals surface area contributed by atoms with Crippen molar-refractivity contribution in [3.8, 4) is 0 Å². The fourth-order valence-electron chi connectivity index (χ4n) is 12.1. The minimum Gasteiger partial charge on any atom is -0.462 e. The highest BCUT2D eigenvalue weighted by atomic mass is 31.2. The molecule has 5 atom stereocenters. The Morgan fingerprint density at radius 3 is 0.760 bits per heavy atom. The van der Waals surface area contributed by atoms with Gasteiger partial charge in [-0.1, -0.05) is 354 Å². The zero-order valence-electron chi connectivity index (χ0n) is 64.7. The first-order valence-corrected chi connectivity index (χ1v) is 44.6. The molecule has 590 valence electrons. The molecule has 0 aromatic heterocycles. The van der Waals surface area contributed by atoms with E-state index >= 15 is 0 Å². The van der Waals surface area contributed by atoms with Crippen LogP contribution in [0.15, 0.2) is 24.3 Å². The van der Waals surface area contributed by atoms with Crippen LogP contribution in [0.25, 0.3) is 0 Å². The number of aliphatic hydroxyl groups is 1. The molecule has 0 radical (unpaired) electrons. The molecule has 0 heterocycles. The van der Waals surface area contributed by atoms with Crippen molar-refractivity contribution in [2.24, 2.45) is 0 Å². The van der Waals surface area contributed by atoms with Crippen LogP contribution in [0, 0.1) is 0 Å². The van der Waals surface area contributed by atoms with Crippen LogP contribution < -0.4 is 0 Å². The van der Waals surface area contributed by atoms with Gasteiger partial charge in [0.2, 0.25) is 0 Å². The van der Waals surface area contributed by atoms with E-state index in [4.69, 9.17) is 37.0 Å². The van der Waals surface area contributed by atoms with Gasteiger partial charge in [0.25, 0.3) is 0 Å². The molecule has 0 saturated heterocycles. The SMILES string of the molecule is CCCCC/C=C\C/C=C\CCCCCCCC(=O)OC[C@H](COP(=O)(O)OC[C@@H](O)COP(=O)(O)OC[C@@H](COC(=O)CCCCCCCCCCCCCCC)OC(=O)CCCCCCCCCCCCCCCCC)OC(=O)CCCCCCCCCCCCCCCCCCC. The van der Waals surface area contributed by atoms with Crippen molar-refractivity contribution in [3.63, 3.8) is 0 Å². The molecule has 0 bridgehead atoms. The lowest BCUT2D eigenvalue weighted by atomic mass is 10.0. The van der Waals surface area contributed by atoms with Crippen molar-refractivity contribution >= 4 is 39.5 Å². The first-order chi connectivity index (χ1) is 48.7. The number of rotatable bonds is 80. The van der Waals surface area contributed by atoms with Gasteiger partial charge >= 0.3 is 39.5 Å². The van der Waals surface area contributed by atoms with E-state index in [0.717, 1.165) is 116 Å². The van der Waals surface area contributed by atoms with E-state index in [2.05, 4.69) is 52.0 Å². The number of allylic oxidation sites excluding steroid dienone is 4. The standard InChI is InChI=1S/C81H154O17P2/c1-5-9-13-17-21-25-29-33-36-37-40-44-48-52-56-60-64-68-81(86)98-77(72-92-79(84)66-62-58-54-50-46-42-38-34-30-26-22-18-14-10-6-2)74-96-100(89,90)94-70-75(82)69-93-99(87,88)95-73-76(71-91-78(83)65-61-57-53-49-45-41-32-28-24-20-16-12-8-4)97-80(85)67-63-59-55-51-47-43-39-35-31-27-23-19-15-11-7-3/h22,26,34,38,75-77,82H,5-21,23-25,27-33,35-37,39-74H2,1-4H3,(H,87,88)(H,89,90)/b26-22-,38-34-/t75-,76+,77+/m0/s1. The Morgan fingerprint density at radius 2 is 0.490 bits per heavy atom. The highest BCUT2D eigenvalue weighted by Crippen LogP contribution is 2.45. The van der Waals surface area contributed by atoms with E-state index in [1.807, 2.05) is 0 Å². The zero-order chi connectivity index (χ0) is 73.2. The minimum absolute atomic E-state index is 0.103. The Hall–Kier alpha value is -2.46.